The summed E-state index contributed by atoms with van der Waals surface area (Å²) < 4.78 is 49.9. The molecular weight excluding hydrogens is 371 g/mol. The van der Waals surface area contributed by atoms with Gasteiger partial charge in [0, 0.05) is 38.5 Å². The molecule has 0 unspecified atom stereocenters. The molecule has 148 valence electrons. The van der Waals surface area contributed by atoms with Crippen molar-refractivity contribution in [2.24, 2.45) is 0 Å². The van der Waals surface area contributed by atoms with E-state index < -0.39 is 30.2 Å². The molecule has 1 N–H and O–H groups in total. The molecule has 1 aromatic heterocycles. The molecule has 8 nitrogen and oxygen atoms in total. The topological polar surface area (TPSA) is 92.2 Å². The minimum Gasteiger partial charge on any atom is -0.474 e. The van der Waals surface area contributed by atoms with E-state index >= 15 is 0 Å². The maximum Gasteiger partial charge on any atom is 0.433 e. The van der Waals surface area contributed by atoms with Crippen molar-refractivity contribution < 1.29 is 37.3 Å². The van der Waals surface area contributed by atoms with Crippen LogP contribution in [-0.4, -0.2) is 64.4 Å². The predicted molar refractivity (Wildman–Crippen MR) is 84.2 cm³/mol. The van der Waals surface area contributed by atoms with Gasteiger partial charge < -0.3 is 24.4 Å². The summed E-state index contributed by atoms with van der Waals surface area (Å²) in [5.41, 5.74) is -0.875. The Labute approximate surface area is 152 Å². The highest BCUT2D eigenvalue weighted by Gasteiger charge is 2.34. The second-order valence-electron chi connectivity index (χ2n) is 6.32. The number of likely N-dealkylation sites (tertiary alicyclic amines) is 1. The van der Waals surface area contributed by atoms with E-state index in [2.05, 4.69) is 4.98 Å². The summed E-state index contributed by atoms with van der Waals surface area (Å²) >= 11 is 0. The number of amides is 2. The first-order valence-corrected chi connectivity index (χ1v) is 8.37. The molecule has 1 aromatic rings. The Kier molecular flexibility index (Phi) is 5.29. The van der Waals surface area contributed by atoms with E-state index in [9.17, 15) is 22.8 Å². The predicted octanol–water partition coefficient (Wildman–Crippen LogP) is 2.57. The first-order valence-electron chi connectivity index (χ1n) is 8.37. The Bertz CT molecular complexity index is 720. The molecule has 0 aliphatic carbocycles. The van der Waals surface area contributed by atoms with Gasteiger partial charge in [-0.15, -0.1) is 0 Å². The number of hydrogen-bond acceptors (Lipinski definition) is 5. The number of alkyl halides is 3. The largest absolute Gasteiger partial charge is 0.474 e. The average molecular weight is 389 g/mol. The van der Waals surface area contributed by atoms with Crippen LogP contribution in [0.2, 0.25) is 0 Å². The third-order valence-corrected chi connectivity index (χ3v) is 4.37. The number of carbonyl (C=O) groups excluding carboxylic acids is 1. The Balaban J connectivity index is 1.74. The zero-order valence-electron chi connectivity index (χ0n) is 14.2. The van der Waals surface area contributed by atoms with Gasteiger partial charge in [-0.3, -0.25) is 0 Å². The number of nitrogens with zero attached hydrogens (tertiary/aromatic N) is 3. The Morgan fingerprint density at radius 1 is 1.30 bits per heavy atom. The number of hydrogen-bond donors (Lipinski definition) is 1. The normalized spacial score (nSPS) is 18.6. The van der Waals surface area contributed by atoms with Crippen LogP contribution in [0.3, 0.4) is 0 Å². The van der Waals surface area contributed by atoms with Gasteiger partial charge in [-0.05, 0) is 11.6 Å². The monoisotopic (exact) mass is 389 g/mol. The molecule has 0 radical (unpaired) electrons. The van der Waals surface area contributed by atoms with Gasteiger partial charge in [0.1, 0.15) is 18.4 Å². The summed E-state index contributed by atoms with van der Waals surface area (Å²) in [5, 5.41) is 8.94. The van der Waals surface area contributed by atoms with Gasteiger partial charge in [0.05, 0.1) is 6.54 Å². The molecule has 2 aliphatic rings. The van der Waals surface area contributed by atoms with Gasteiger partial charge in [-0.25, -0.2) is 14.6 Å². The van der Waals surface area contributed by atoms with Crippen molar-refractivity contribution in [3.05, 3.63) is 23.4 Å². The SMILES string of the molecule is O=C(O)N1CCC(Oc2cc(CN3CCOC3=O)cc(C(F)(F)F)n2)CC1. The number of carbonyl (C=O) groups is 2. The van der Waals surface area contributed by atoms with Crippen molar-refractivity contribution in [1.82, 2.24) is 14.8 Å². The number of aromatic nitrogens is 1. The van der Waals surface area contributed by atoms with E-state index in [1.165, 1.54) is 15.9 Å². The lowest BCUT2D eigenvalue weighted by Gasteiger charge is -2.30. The van der Waals surface area contributed by atoms with Crippen LogP contribution in [0.25, 0.3) is 0 Å². The van der Waals surface area contributed by atoms with E-state index in [-0.39, 0.29) is 37.7 Å². The van der Waals surface area contributed by atoms with Crippen LogP contribution in [0.5, 0.6) is 5.88 Å². The van der Waals surface area contributed by atoms with Crippen molar-refractivity contribution >= 4 is 12.2 Å². The molecule has 2 saturated heterocycles. The van der Waals surface area contributed by atoms with Gasteiger partial charge in [0.2, 0.25) is 5.88 Å². The molecule has 11 heteroatoms. The van der Waals surface area contributed by atoms with Gasteiger partial charge >= 0.3 is 18.4 Å². The summed E-state index contributed by atoms with van der Waals surface area (Å²) in [4.78, 5) is 28.5. The fourth-order valence-corrected chi connectivity index (χ4v) is 2.98. The molecule has 0 aromatic carbocycles. The molecule has 2 aliphatic heterocycles. The minimum atomic E-state index is -4.66. The summed E-state index contributed by atoms with van der Waals surface area (Å²) in [6.07, 6.45) is -5.99. The maximum atomic E-state index is 13.2. The van der Waals surface area contributed by atoms with E-state index in [1.54, 1.807) is 0 Å². The summed E-state index contributed by atoms with van der Waals surface area (Å²) in [6, 6.07) is 2.25. The third kappa shape index (κ3) is 4.72. The van der Waals surface area contributed by atoms with Crippen LogP contribution in [0.1, 0.15) is 24.1 Å². The first kappa shape index (κ1) is 19.1. The van der Waals surface area contributed by atoms with Crippen LogP contribution in [-0.2, 0) is 17.5 Å². The number of cyclic esters (lactones) is 1. The maximum absolute atomic E-state index is 13.2. The molecule has 2 amide bonds. The van der Waals surface area contributed by atoms with E-state index in [0.717, 1.165) is 6.07 Å². The lowest BCUT2D eigenvalue weighted by atomic mass is 10.1. The first-order chi connectivity index (χ1) is 12.7. The molecular formula is C16H18F3N3O5. The Morgan fingerprint density at radius 3 is 2.56 bits per heavy atom. The summed E-state index contributed by atoms with van der Waals surface area (Å²) in [6.45, 7) is 0.934. The van der Waals surface area contributed by atoms with Crippen molar-refractivity contribution in [3.63, 3.8) is 0 Å². The molecule has 3 heterocycles. The van der Waals surface area contributed by atoms with Gasteiger partial charge in [0.25, 0.3) is 0 Å². The van der Waals surface area contributed by atoms with Crippen LogP contribution in [0.4, 0.5) is 22.8 Å². The molecule has 0 bridgehead atoms. The Morgan fingerprint density at radius 2 is 2.00 bits per heavy atom. The smallest absolute Gasteiger partial charge is 0.433 e. The highest BCUT2D eigenvalue weighted by molar-refractivity contribution is 5.69. The van der Waals surface area contributed by atoms with E-state index in [0.29, 0.717) is 19.4 Å². The highest BCUT2D eigenvalue weighted by atomic mass is 19.4. The number of ether oxygens (including phenoxy) is 2. The number of carboxylic acid groups (broad SMARTS) is 1. The molecule has 0 atom stereocenters. The van der Waals surface area contributed by atoms with Crippen molar-refractivity contribution in [1.29, 1.82) is 0 Å². The summed E-state index contributed by atoms with van der Waals surface area (Å²) in [7, 11) is 0. The second kappa shape index (κ2) is 7.49. The van der Waals surface area contributed by atoms with E-state index in [1.807, 2.05) is 0 Å². The van der Waals surface area contributed by atoms with Crippen molar-refractivity contribution in [2.45, 2.75) is 31.7 Å². The zero-order valence-corrected chi connectivity index (χ0v) is 14.2. The van der Waals surface area contributed by atoms with Crippen LogP contribution < -0.4 is 4.74 Å². The number of halogens is 3. The fraction of sp³-hybridized carbons (Fsp3) is 0.562. The van der Waals surface area contributed by atoms with Crippen molar-refractivity contribution in [2.75, 3.05) is 26.2 Å². The number of piperidine rings is 1. The van der Waals surface area contributed by atoms with Gasteiger partial charge in [-0.1, -0.05) is 0 Å². The van der Waals surface area contributed by atoms with Gasteiger partial charge in [0.15, 0.2) is 0 Å². The lowest BCUT2D eigenvalue weighted by Crippen LogP contribution is -2.41. The lowest BCUT2D eigenvalue weighted by molar-refractivity contribution is -0.141. The van der Waals surface area contributed by atoms with Crippen molar-refractivity contribution in [3.8, 4) is 5.88 Å². The Hall–Kier alpha value is -2.72. The average Bonchev–Trinajstić information content (AvgIpc) is 2.99. The van der Waals surface area contributed by atoms with Crippen LogP contribution in [0, 0.1) is 0 Å². The zero-order chi connectivity index (χ0) is 19.6. The molecule has 0 saturated carbocycles. The molecule has 0 spiro atoms. The second-order valence-corrected chi connectivity index (χ2v) is 6.32. The fourth-order valence-electron chi connectivity index (χ4n) is 2.98. The number of rotatable bonds is 4. The van der Waals surface area contributed by atoms with Crippen LogP contribution in [0.15, 0.2) is 12.1 Å². The van der Waals surface area contributed by atoms with Gasteiger partial charge in [-0.2, -0.15) is 13.2 Å². The highest BCUT2D eigenvalue weighted by Crippen LogP contribution is 2.31. The third-order valence-electron chi connectivity index (χ3n) is 4.37. The van der Waals surface area contributed by atoms with E-state index in [4.69, 9.17) is 14.6 Å². The minimum absolute atomic E-state index is 0.0434. The quantitative estimate of drug-likeness (QED) is 0.851. The van der Waals surface area contributed by atoms with Crippen LogP contribution >= 0.6 is 0 Å². The standard InChI is InChI=1S/C16H18F3N3O5/c17-16(18,19)12-7-10(9-22-5-6-26-15(22)25)8-13(20-12)27-11-1-3-21(4-2-11)14(23)24/h7-8,11H,1-6,9H2,(H,23,24). The number of pyridine rings is 1. The molecule has 3 rings (SSSR count). The molecule has 27 heavy (non-hydrogen) atoms. The molecule has 2 fully saturated rings. The summed E-state index contributed by atoms with van der Waals surface area (Å²) in [5.74, 6) is -0.193.